The first-order valence-electron chi connectivity index (χ1n) is 5.09. The number of thioether (sulfide) groups is 1. The third-order valence-electron chi connectivity index (χ3n) is 2.73. The van der Waals surface area contributed by atoms with Gasteiger partial charge in [0.2, 0.25) is 5.01 Å². The summed E-state index contributed by atoms with van der Waals surface area (Å²) < 4.78 is 0.436. The number of thiazole rings is 1. The predicted molar refractivity (Wildman–Crippen MR) is 66.3 cm³/mol. The van der Waals surface area contributed by atoms with Gasteiger partial charge in [-0.3, -0.25) is 0 Å². The number of carbonyl (C=O) groups is 1. The lowest BCUT2D eigenvalue weighted by Crippen LogP contribution is -2.25. The van der Waals surface area contributed by atoms with Crippen molar-refractivity contribution in [1.82, 2.24) is 10.3 Å². The average Bonchev–Trinajstić information content (AvgIpc) is 2.88. The van der Waals surface area contributed by atoms with Crippen LogP contribution in [0, 0.1) is 0 Å². The van der Waals surface area contributed by atoms with Crippen LogP contribution >= 0.6 is 23.1 Å². The van der Waals surface area contributed by atoms with Crippen molar-refractivity contribution in [2.45, 2.75) is 24.1 Å². The van der Waals surface area contributed by atoms with Gasteiger partial charge in [0.15, 0.2) is 0 Å². The highest BCUT2D eigenvalue weighted by Crippen LogP contribution is 2.46. The summed E-state index contributed by atoms with van der Waals surface area (Å²) in [7, 11) is 0. The smallest absolute Gasteiger partial charge is 0.365 e. The summed E-state index contributed by atoms with van der Waals surface area (Å²) >= 11 is 3.09. The number of nitrogens with one attached hydrogen (secondary N) is 1. The zero-order valence-corrected chi connectivity index (χ0v) is 10.7. The van der Waals surface area contributed by atoms with Crippen molar-refractivity contribution in [3.05, 3.63) is 16.1 Å². The van der Waals surface area contributed by atoms with Crippen molar-refractivity contribution in [2.24, 2.45) is 0 Å². The van der Waals surface area contributed by atoms with Crippen molar-refractivity contribution in [3.63, 3.8) is 0 Å². The molecule has 2 N–H and O–H groups in total. The van der Waals surface area contributed by atoms with E-state index in [1.807, 2.05) is 11.8 Å². The minimum Gasteiger partial charge on any atom is -0.476 e. The van der Waals surface area contributed by atoms with E-state index in [-0.39, 0.29) is 5.01 Å². The van der Waals surface area contributed by atoms with E-state index >= 15 is 0 Å². The van der Waals surface area contributed by atoms with Gasteiger partial charge in [0, 0.05) is 23.2 Å². The normalized spacial score (nSPS) is 17.3. The maximum absolute atomic E-state index is 10.6. The van der Waals surface area contributed by atoms with Gasteiger partial charge < -0.3 is 10.4 Å². The fourth-order valence-corrected chi connectivity index (χ4v) is 2.91. The Morgan fingerprint density at radius 2 is 2.50 bits per heavy atom. The van der Waals surface area contributed by atoms with E-state index in [4.69, 9.17) is 5.11 Å². The molecule has 0 amide bonds. The van der Waals surface area contributed by atoms with Gasteiger partial charge in [-0.2, -0.15) is 11.8 Å². The molecule has 0 bridgehead atoms. The van der Waals surface area contributed by atoms with Crippen molar-refractivity contribution in [2.75, 3.05) is 12.8 Å². The first-order chi connectivity index (χ1) is 7.65. The number of aromatic carboxylic acids is 1. The number of hydrogen-bond donors (Lipinski definition) is 2. The van der Waals surface area contributed by atoms with Gasteiger partial charge in [-0.25, -0.2) is 9.78 Å². The molecular formula is C10H14N2O2S2. The minimum atomic E-state index is -0.945. The molecule has 6 heteroatoms. The molecule has 2 rings (SSSR count). The van der Waals surface area contributed by atoms with Gasteiger partial charge >= 0.3 is 5.97 Å². The van der Waals surface area contributed by atoms with Crippen LogP contribution in [-0.2, 0) is 6.54 Å². The van der Waals surface area contributed by atoms with E-state index in [0.717, 1.165) is 12.2 Å². The maximum atomic E-state index is 10.6. The molecule has 16 heavy (non-hydrogen) atoms. The molecule has 0 spiro atoms. The molecule has 1 fully saturated rings. The zero-order valence-electron chi connectivity index (χ0n) is 9.02. The second-order valence-corrected chi connectivity index (χ2v) is 6.07. The second kappa shape index (κ2) is 4.73. The third kappa shape index (κ3) is 2.75. The summed E-state index contributed by atoms with van der Waals surface area (Å²) in [6.45, 7) is 1.64. The SMILES string of the molecule is CSC1(CNCc2csc(C(=O)O)n2)CC1. The van der Waals surface area contributed by atoms with Crippen LogP contribution in [0.1, 0.15) is 28.3 Å². The molecule has 0 radical (unpaired) electrons. The number of rotatable bonds is 6. The Morgan fingerprint density at radius 1 is 1.75 bits per heavy atom. The van der Waals surface area contributed by atoms with E-state index in [1.165, 1.54) is 24.2 Å². The van der Waals surface area contributed by atoms with Crippen LogP contribution in [-0.4, -0.2) is 33.6 Å². The van der Waals surface area contributed by atoms with E-state index in [1.54, 1.807) is 5.38 Å². The Labute approximate surface area is 102 Å². The van der Waals surface area contributed by atoms with E-state index < -0.39 is 5.97 Å². The molecule has 1 aliphatic carbocycles. The maximum Gasteiger partial charge on any atom is 0.365 e. The molecule has 0 aliphatic heterocycles. The average molecular weight is 258 g/mol. The van der Waals surface area contributed by atoms with Crippen LogP contribution in [0.5, 0.6) is 0 Å². The van der Waals surface area contributed by atoms with Gasteiger partial charge in [0.05, 0.1) is 5.69 Å². The Balaban J connectivity index is 1.79. The lowest BCUT2D eigenvalue weighted by molar-refractivity contribution is 0.0696. The van der Waals surface area contributed by atoms with Crippen LogP contribution in [0.15, 0.2) is 5.38 Å². The molecule has 1 aromatic heterocycles. The van der Waals surface area contributed by atoms with Gasteiger partial charge in [-0.1, -0.05) is 0 Å². The minimum absolute atomic E-state index is 0.169. The second-order valence-electron chi connectivity index (χ2n) is 3.94. The van der Waals surface area contributed by atoms with E-state index in [9.17, 15) is 4.79 Å². The fourth-order valence-electron chi connectivity index (χ4n) is 1.50. The summed E-state index contributed by atoms with van der Waals surface area (Å²) in [5, 5.41) is 14.0. The molecular weight excluding hydrogens is 244 g/mol. The molecule has 0 unspecified atom stereocenters. The zero-order chi connectivity index (χ0) is 11.6. The number of aromatic nitrogens is 1. The topological polar surface area (TPSA) is 62.2 Å². The van der Waals surface area contributed by atoms with Crippen LogP contribution < -0.4 is 5.32 Å². The summed E-state index contributed by atoms with van der Waals surface area (Å²) in [6.07, 6.45) is 4.69. The highest BCUT2D eigenvalue weighted by atomic mass is 32.2. The fraction of sp³-hybridized carbons (Fsp3) is 0.600. The van der Waals surface area contributed by atoms with Gasteiger partial charge in [0.25, 0.3) is 0 Å². The molecule has 88 valence electrons. The molecule has 1 saturated carbocycles. The Hall–Kier alpha value is -0.590. The first kappa shape index (κ1) is 11.9. The van der Waals surface area contributed by atoms with E-state index in [0.29, 0.717) is 11.3 Å². The largest absolute Gasteiger partial charge is 0.476 e. The van der Waals surface area contributed by atoms with Crippen LogP contribution in [0.2, 0.25) is 0 Å². The summed E-state index contributed by atoms with van der Waals surface area (Å²) in [4.78, 5) is 14.7. The monoisotopic (exact) mass is 258 g/mol. The summed E-state index contributed by atoms with van der Waals surface area (Å²) in [5.74, 6) is -0.945. The molecule has 1 aromatic rings. The number of carboxylic acids is 1. The lowest BCUT2D eigenvalue weighted by atomic mass is 10.4. The molecule has 0 saturated heterocycles. The van der Waals surface area contributed by atoms with Crippen molar-refractivity contribution < 1.29 is 9.90 Å². The van der Waals surface area contributed by atoms with Crippen molar-refractivity contribution in [3.8, 4) is 0 Å². The van der Waals surface area contributed by atoms with Crippen molar-refractivity contribution in [1.29, 1.82) is 0 Å². The Bertz CT molecular complexity index is 388. The highest BCUT2D eigenvalue weighted by Gasteiger charge is 2.41. The predicted octanol–water partition coefficient (Wildman–Crippen LogP) is 1.83. The molecule has 0 atom stereocenters. The van der Waals surface area contributed by atoms with Gasteiger partial charge in [0.1, 0.15) is 0 Å². The molecule has 0 aromatic carbocycles. The standard InChI is InChI=1S/C10H14N2O2S2/c1-15-10(2-3-10)6-11-4-7-5-16-8(12-7)9(13)14/h5,11H,2-4,6H2,1H3,(H,13,14). The van der Waals surface area contributed by atoms with Gasteiger partial charge in [-0.05, 0) is 19.1 Å². The van der Waals surface area contributed by atoms with E-state index in [2.05, 4.69) is 16.6 Å². The number of hydrogen-bond acceptors (Lipinski definition) is 5. The number of carboxylic acid groups (broad SMARTS) is 1. The highest BCUT2D eigenvalue weighted by molar-refractivity contribution is 8.00. The third-order valence-corrected chi connectivity index (χ3v) is 5.03. The van der Waals surface area contributed by atoms with Gasteiger partial charge in [-0.15, -0.1) is 11.3 Å². The molecule has 1 heterocycles. The van der Waals surface area contributed by atoms with Crippen LogP contribution in [0.25, 0.3) is 0 Å². The summed E-state index contributed by atoms with van der Waals surface area (Å²) in [6, 6.07) is 0. The Kier molecular flexibility index (Phi) is 3.51. The molecule has 4 nitrogen and oxygen atoms in total. The number of nitrogens with zero attached hydrogens (tertiary/aromatic N) is 1. The first-order valence-corrected chi connectivity index (χ1v) is 7.19. The lowest BCUT2D eigenvalue weighted by Gasteiger charge is -2.11. The van der Waals surface area contributed by atoms with Crippen LogP contribution in [0.4, 0.5) is 0 Å². The quantitative estimate of drug-likeness (QED) is 0.815. The van der Waals surface area contributed by atoms with Crippen LogP contribution in [0.3, 0.4) is 0 Å². The van der Waals surface area contributed by atoms with Crippen molar-refractivity contribution >= 4 is 29.1 Å². The summed E-state index contributed by atoms with van der Waals surface area (Å²) in [5.41, 5.74) is 0.819. The Morgan fingerprint density at radius 3 is 3.00 bits per heavy atom. The molecule has 1 aliphatic rings.